The molecule has 9 nitrogen and oxygen atoms in total. The van der Waals surface area contributed by atoms with Gasteiger partial charge in [0.05, 0.1) is 23.3 Å². The lowest BCUT2D eigenvalue weighted by Crippen LogP contribution is -2.25. The van der Waals surface area contributed by atoms with Crippen molar-refractivity contribution < 1.29 is 19.2 Å². The number of nitrogens with zero attached hydrogens (tertiary/aromatic N) is 2. The molecule has 1 aromatic carbocycles. The molecule has 1 aliphatic carbocycles. The first-order valence-corrected chi connectivity index (χ1v) is 9.47. The predicted octanol–water partition coefficient (Wildman–Crippen LogP) is 3.48. The minimum atomic E-state index is -0.594. The van der Waals surface area contributed by atoms with Gasteiger partial charge in [0.25, 0.3) is 5.69 Å². The fourth-order valence-corrected chi connectivity index (χ4v) is 4.16. The molecule has 146 valence electrons. The van der Waals surface area contributed by atoms with Crippen LogP contribution >= 0.6 is 11.3 Å². The number of nitro benzene ring substituents is 1. The van der Waals surface area contributed by atoms with Gasteiger partial charge in [0.1, 0.15) is 5.00 Å². The third-order valence-corrected chi connectivity index (χ3v) is 5.32. The van der Waals surface area contributed by atoms with Crippen LogP contribution in [-0.2, 0) is 17.6 Å². The van der Waals surface area contributed by atoms with Crippen LogP contribution in [0.3, 0.4) is 0 Å². The summed E-state index contributed by atoms with van der Waals surface area (Å²) in [4.78, 5) is 35.6. The Morgan fingerprint density at radius 2 is 2.07 bits per heavy atom. The molecule has 1 aromatic heterocycles. The van der Waals surface area contributed by atoms with Crippen LogP contribution in [0.2, 0.25) is 0 Å². The minimum Gasteiger partial charge on any atom is -0.462 e. The van der Waals surface area contributed by atoms with Crippen LogP contribution in [0.15, 0.2) is 29.4 Å². The maximum Gasteiger partial charge on any atom is 0.341 e. The zero-order valence-electron chi connectivity index (χ0n) is 15.1. The first-order chi connectivity index (χ1) is 13.5. The number of hydrazone groups is 1. The van der Waals surface area contributed by atoms with E-state index >= 15 is 0 Å². The van der Waals surface area contributed by atoms with Gasteiger partial charge in [-0.25, -0.2) is 15.0 Å². The van der Waals surface area contributed by atoms with E-state index in [-0.39, 0.29) is 12.3 Å². The van der Waals surface area contributed by atoms with Crippen LogP contribution in [0.5, 0.6) is 0 Å². The van der Waals surface area contributed by atoms with E-state index in [1.165, 1.54) is 41.8 Å². The Morgan fingerprint density at radius 3 is 2.75 bits per heavy atom. The van der Waals surface area contributed by atoms with Crippen molar-refractivity contribution in [2.75, 3.05) is 11.9 Å². The van der Waals surface area contributed by atoms with E-state index < -0.39 is 16.9 Å². The van der Waals surface area contributed by atoms with Crippen LogP contribution in [0.4, 0.5) is 15.5 Å². The van der Waals surface area contributed by atoms with Crippen molar-refractivity contribution in [3.63, 3.8) is 0 Å². The lowest BCUT2D eigenvalue weighted by Gasteiger charge is -2.07. The number of nitrogens with one attached hydrogen (secondary N) is 2. The number of carbonyl (C=O) groups is 2. The Balaban J connectivity index is 1.65. The van der Waals surface area contributed by atoms with Crippen LogP contribution in [0, 0.1) is 10.1 Å². The molecule has 1 aliphatic rings. The molecule has 2 amide bonds. The summed E-state index contributed by atoms with van der Waals surface area (Å²) in [6.45, 7) is 1.99. The number of aryl methyl sites for hydroxylation is 1. The number of benzene rings is 1. The van der Waals surface area contributed by atoms with Crippen molar-refractivity contribution in [3.8, 4) is 0 Å². The average molecular weight is 402 g/mol. The van der Waals surface area contributed by atoms with Gasteiger partial charge in [-0.1, -0.05) is 0 Å². The van der Waals surface area contributed by atoms with Gasteiger partial charge >= 0.3 is 12.0 Å². The van der Waals surface area contributed by atoms with Gasteiger partial charge in [0.2, 0.25) is 0 Å². The third kappa shape index (κ3) is 4.34. The standard InChI is InChI=1S/C18H18N4O5S/c1-2-27-17(23)15-13-4-3-5-14(13)28-16(15)20-18(24)21-19-10-11-6-8-12(9-7-11)22(25)26/h6-10H,2-5H2,1H3,(H2,20,21,24). The Bertz CT molecular complexity index is 936. The molecule has 0 fully saturated rings. The highest BCUT2D eigenvalue weighted by atomic mass is 32.1. The van der Waals surface area contributed by atoms with Crippen molar-refractivity contribution >= 4 is 40.2 Å². The lowest BCUT2D eigenvalue weighted by atomic mass is 10.1. The fourth-order valence-electron chi connectivity index (χ4n) is 2.89. The van der Waals surface area contributed by atoms with Crippen LogP contribution in [0.25, 0.3) is 0 Å². The Kier molecular flexibility index (Phi) is 5.99. The molecule has 0 saturated heterocycles. The molecule has 3 rings (SSSR count). The maximum atomic E-state index is 12.3. The second-order valence-corrected chi connectivity index (χ2v) is 7.06. The average Bonchev–Trinajstić information content (AvgIpc) is 3.23. The Hall–Kier alpha value is -3.27. The Labute approximate surface area is 164 Å². The molecule has 0 saturated carbocycles. The SMILES string of the molecule is CCOC(=O)c1c(NC(=O)NN=Cc2ccc([N+](=O)[O-])cc2)sc2c1CCC2. The number of hydrogen-bond acceptors (Lipinski definition) is 7. The van der Waals surface area contributed by atoms with Crippen molar-refractivity contribution in [2.45, 2.75) is 26.2 Å². The monoisotopic (exact) mass is 402 g/mol. The van der Waals surface area contributed by atoms with Gasteiger partial charge < -0.3 is 4.74 Å². The summed E-state index contributed by atoms with van der Waals surface area (Å²) >= 11 is 1.38. The molecule has 2 aromatic rings. The number of thiophene rings is 1. The number of rotatable bonds is 6. The molecule has 0 atom stereocenters. The number of nitro groups is 1. The van der Waals surface area contributed by atoms with Crippen molar-refractivity contribution in [3.05, 3.63) is 55.9 Å². The number of hydrogen-bond donors (Lipinski definition) is 2. The highest BCUT2D eigenvalue weighted by molar-refractivity contribution is 7.17. The van der Waals surface area contributed by atoms with E-state index in [0.29, 0.717) is 16.1 Å². The number of fused-ring (bicyclic) bond motifs is 1. The molecular formula is C18H18N4O5S. The van der Waals surface area contributed by atoms with Gasteiger partial charge in [-0.05, 0) is 49.4 Å². The second kappa shape index (κ2) is 8.61. The van der Waals surface area contributed by atoms with E-state index in [0.717, 1.165) is 29.7 Å². The quantitative estimate of drug-likeness (QED) is 0.331. The third-order valence-electron chi connectivity index (χ3n) is 4.11. The highest BCUT2D eigenvalue weighted by Crippen LogP contribution is 2.39. The Morgan fingerprint density at radius 1 is 1.32 bits per heavy atom. The summed E-state index contributed by atoms with van der Waals surface area (Å²) in [7, 11) is 0. The molecule has 2 N–H and O–H groups in total. The van der Waals surface area contributed by atoms with Crippen molar-refractivity contribution in [2.24, 2.45) is 5.10 Å². The number of urea groups is 1. The van der Waals surface area contributed by atoms with E-state index in [9.17, 15) is 19.7 Å². The van der Waals surface area contributed by atoms with Crippen molar-refractivity contribution in [1.29, 1.82) is 0 Å². The van der Waals surface area contributed by atoms with E-state index in [2.05, 4.69) is 15.8 Å². The van der Waals surface area contributed by atoms with Crippen molar-refractivity contribution in [1.82, 2.24) is 5.43 Å². The zero-order valence-corrected chi connectivity index (χ0v) is 15.9. The molecule has 0 spiro atoms. The van der Waals surface area contributed by atoms with Gasteiger partial charge in [-0.15, -0.1) is 11.3 Å². The summed E-state index contributed by atoms with van der Waals surface area (Å²) < 4.78 is 5.12. The number of esters is 1. The van der Waals surface area contributed by atoms with E-state index in [1.54, 1.807) is 6.92 Å². The van der Waals surface area contributed by atoms with E-state index in [1.807, 2.05) is 0 Å². The number of amides is 2. The molecule has 0 radical (unpaired) electrons. The maximum absolute atomic E-state index is 12.3. The van der Waals surface area contributed by atoms with Crippen LogP contribution < -0.4 is 10.7 Å². The first-order valence-electron chi connectivity index (χ1n) is 8.65. The highest BCUT2D eigenvalue weighted by Gasteiger charge is 2.28. The summed E-state index contributed by atoms with van der Waals surface area (Å²) in [5.41, 5.74) is 4.26. The summed E-state index contributed by atoms with van der Waals surface area (Å²) in [5, 5.41) is 17.6. The smallest absolute Gasteiger partial charge is 0.341 e. The topological polar surface area (TPSA) is 123 Å². The van der Waals surface area contributed by atoms with Gasteiger partial charge in [0, 0.05) is 17.0 Å². The first kappa shape index (κ1) is 19.5. The van der Waals surface area contributed by atoms with Gasteiger partial charge in [-0.2, -0.15) is 5.10 Å². The molecule has 1 heterocycles. The second-order valence-electron chi connectivity index (χ2n) is 5.95. The molecular weight excluding hydrogens is 384 g/mol. The van der Waals surface area contributed by atoms with Crippen LogP contribution in [0.1, 0.15) is 39.7 Å². The molecule has 0 aliphatic heterocycles. The molecule has 28 heavy (non-hydrogen) atoms. The van der Waals surface area contributed by atoms with Gasteiger partial charge in [0.15, 0.2) is 0 Å². The van der Waals surface area contributed by atoms with E-state index in [4.69, 9.17) is 4.74 Å². The predicted molar refractivity (Wildman–Crippen MR) is 105 cm³/mol. The summed E-state index contributed by atoms with van der Waals surface area (Å²) in [5.74, 6) is -0.438. The number of non-ortho nitro benzene ring substituents is 1. The number of anilines is 1. The zero-order chi connectivity index (χ0) is 20.1. The lowest BCUT2D eigenvalue weighted by molar-refractivity contribution is -0.384. The molecule has 0 unspecified atom stereocenters. The largest absolute Gasteiger partial charge is 0.462 e. The minimum absolute atomic E-state index is 0.0277. The number of carbonyl (C=O) groups excluding carboxylic acids is 2. The molecule has 0 bridgehead atoms. The van der Waals surface area contributed by atoms with Gasteiger partial charge in [-0.3, -0.25) is 15.4 Å². The fraction of sp³-hybridized carbons (Fsp3) is 0.278. The normalized spacial score (nSPS) is 12.6. The summed E-state index contributed by atoms with van der Waals surface area (Å²) in [6.07, 6.45) is 4.03. The summed E-state index contributed by atoms with van der Waals surface area (Å²) in [6, 6.07) is 5.14. The number of ether oxygens (including phenoxy) is 1. The van der Waals surface area contributed by atoms with Crippen LogP contribution in [-0.4, -0.2) is 29.7 Å². The molecule has 10 heteroatoms.